The van der Waals surface area contributed by atoms with Crippen LogP contribution in [0.25, 0.3) is 0 Å². The summed E-state index contributed by atoms with van der Waals surface area (Å²) in [6.07, 6.45) is 2.05. The highest BCUT2D eigenvalue weighted by atomic mass is 31.2. The van der Waals surface area contributed by atoms with E-state index < -0.39 is 56.4 Å². The molecule has 240 valence electrons. The first-order valence-electron chi connectivity index (χ1n) is 14.2. The lowest BCUT2D eigenvalue weighted by atomic mass is 10.1. The summed E-state index contributed by atoms with van der Waals surface area (Å²) in [5.41, 5.74) is 2.31. The van der Waals surface area contributed by atoms with Crippen molar-refractivity contribution < 1.29 is 42.6 Å². The van der Waals surface area contributed by atoms with E-state index in [1.54, 1.807) is 73.1 Å². The number of ether oxygens (including phenoxy) is 2. The highest BCUT2D eigenvalue weighted by Gasteiger charge is 2.39. The summed E-state index contributed by atoms with van der Waals surface area (Å²) in [6, 6.07) is 21.2. The van der Waals surface area contributed by atoms with E-state index in [9.17, 15) is 28.6 Å². The van der Waals surface area contributed by atoms with Crippen LogP contribution in [0.4, 0.5) is 4.79 Å². The molecule has 4 N–H and O–H groups in total. The minimum absolute atomic E-state index is 0.0518. The standard InChI is InChI=1S/C31H37N4O9P/c1-42-31(39)34-21-27(36)33-22-28(37)35-29(20-25-11-6-3-7-12-25)45(40,41)44-26(19-24-9-4-2-5-10-24)30(38)43-18-8-13-23-14-16-32-17-15-23/h2-7,9-12,14-17,26,29H,8,13,18-22H2,1H3,(H,33,36)(H,34,39)(H,35,37)(H,40,41)/t26-,29+/m0/s1. The number of rotatable bonds is 17. The number of aromatic nitrogens is 1. The Morgan fingerprint density at radius 1 is 0.822 bits per heavy atom. The molecule has 0 aliphatic carbocycles. The number of amides is 3. The number of carbonyl (C=O) groups excluding carboxylic acids is 4. The van der Waals surface area contributed by atoms with Crippen molar-refractivity contribution in [2.24, 2.45) is 0 Å². The second kappa shape index (κ2) is 18.3. The number of alkyl carbamates (subject to hydrolysis) is 1. The lowest BCUT2D eigenvalue weighted by molar-refractivity contribution is -0.152. The van der Waals surface area contributed by atoms with Crippen molar-refractivity contribution >= 4 is 31.5 Å². The number of esters is 1. The molecule has 45 heavy (non-hydrogen) atoms. The molecular formula is C31H37N4O9P. The Morgan fingerprint density at radius 2 is 1.42 bits per heavy atom. The molecule has 0 aliphatic heterocycles. The summed E-state index contributed by atoms with van der Waals surface area (Å²) >= 11 is 0. The van der Waals surface area contributed by atoms with Gasteiger partial charge < -0.3 is 30.3 Å². The van der Waals surface area contributed by atoms with E-state index in [0.29, 0.717) is 24.0 Å². The van der Waals surface area contributed by atoms with Crippen LogP contribution in [-0.4, -0.2) is 72.4 Å². The summed E-state index contributed by atoms with van der Waals surface area (Å²) in [4.78, 5) is 64.3. The number of nitrogens with zero attached hydrogens (tertiary/aromatic N) is 1. The van der Waals surface area contributed by atoms with Crippen molar-refractivity contribution in [2.75, 3.05) is 26.8 Å². The molecule has 3 atom stereocenters. The molecule has 13 nitrogen and oxygen atoms in total. The number of carbonyl (C=O) groups is 4. The summed E-state index contributed by atoms with van der Waals surface area (Å²) in [6.45, 7) is -0.943. The van der Waals surface area contributed by atoms with Gasteiger partial charge in [0.25, 0.3) is 0 Å². The largest absolute Gasteiger partial charge is 0.464 e. The molecule has 3 aromatic rings. The van der Waals surface area contributed by atoms with Gasteiger partial charge in [-0.05, 0) is 41.7 Å². The van der Waals surface area contributed by atoms with E-state index in [4.69, 9.17) is 9.26 Å². The zero-order valence-corrected chi connectivity index (χ0v) is 25.7. The van der Waals surface area contributed by atoms with Crippen molar-refractivity contribution in [2.45, 2.75) is 37.6 Å². The topological polar surface area (TPSA) is 182 Å². The number of nitrogens with one attached hydrogen (secondary N) is 3. The molecule has 3 rings (SSSR count). The third-order valence-corrected chi connectivity index (χ3v) is 8.08. The Hall–Kier alpha value is -4.58. The molecule has 0 saturated heterocycles. The normalized spacial score (nSPS) is 13.4. The fraction of sp³-hybridized carbons (Fsp3) is 0.323. The van der Waals surface area contributed by atoms with Crippen LogP contribution < -0.4 is 16.0 Å². The molecule has 0 radical (unpaired) electrons. The molecule has 14 heteroatoms. The molecule has 0 aliphatic rings. The SMILES string of the molecule is COC(=O)NCC(=O)NCC(=O)N[C@@H](Cc1ccccc1)P(=O)(O)O[C@@H](Cc1ccccc1)C(=O)OCCCc1ccncc1. The van der Waals surface area contributed by atoms with Gasteiger partial charge in [0.15, 0.2) is 6.10 Å². The minimum atomic E-state index is -4.76. The maximum atomic E-state index is 13.8. The molecule has 1 unspecified atom stereocenters. The lowest BCUT2D eigenvalue weighted by Gasteiger charge is -2.27. The van der Waals surface area contributed by atoms with Gasteiger partial charge in [-0.3, -0.25) is 23.7 Å². The predicted octanol–water partition coefficient (Wildman–Crippen LogP) is 2.53. The Morgan fingerprint density at radius 3 is 2.04 bits per heavy atom. The zero-order valence-electron chi connectivity index (χ0n) is 24.8. The summed E-state index contributed by atoms with van der Waals surface area (Å²) in [5, 5.41) is 6.93. The first kappa shape index (κ1) is 34.9. The lowest BCUT2D eigenvalue weighted by Crippen LogP contribution is -2.45. The molecule has 0 bridgehead atoms. The number of hydrogen-bond acceptors (Lipinski definition) is 9. The number of methoxy groups -OCH3 is 1. The Labute approximate surface area is 261 Å². The fourth-order valence-corrected chi connectivity index (χ4v) is 5.55. The van der Waals surface area contributed by atoms with Crippen LogP contribution in [0.2, 0.25) is 0 Å². The van der Waals surface area contributed by atoms with Crippen LogP contribution in [0.3, 0.4) is 0 Å². The molecule has 0 fully saturated rings. The van der Waals surface area contributed by atoms with Gasteiger partial charge in [-0.2, -0.15) is 0 Å². The highest BCUT2D eigenvalue weighted by Crippen LogP contribution is 2.49. The van der Waals surface area contributed by atoms with Crippen LogP contribution in [0.5, 0.6) is 0 Å². The van der Waals surface area contributed by atoms with Gasteiger partial charge in [0, 0.05) is 25.2 Å². The first-order chi connectivity index (χ1) is 21.7. The van der Waals surface area contributed by atoms with Gasteiger partial charge in [0.05, 0.1) is 20.3 Å². The predicted molar refractivity (Wildman–Crippen MR) is 164 cm³/mol. The number of hydrogen-bond donors (Lipinski definition) is 4. The summed E-state index contributed by atoms with van der Waals surface area (Å²) < 4.78 is 29.2. The molecule has 2 aromatic carbocycles. The van der Waals surface area contributed by atoms with E-state index in [1.165, 1.54) is 0 Å². The number of benzene rings is 2. The second-order valence-corrected chi connectivity index (χ2v) is 11.8. The van der Waals surface area contributed by atoms with Crippen molar-refractivity contribution in [3.63, 3.8) is 0 Å². The average Bonchev–Trinajstić information content (AvgIpc) is 3.05. The van der Waals surface area contributed by atoms with Gasteiger partial charge >= 0.3 is 19.7 Å². The zero-order chi connectivity index (χ0) is 32.5. The quantitative estimate of drug-likeness (QED) is 0.0972. The molecule has 3 amide bonds. The Kier molecular flexibility index (Phi) is 14.2. The van der Waals surface area contributed by atoms with Crippen molar-refractivity contribution in [1.29, 1.82) is 0 Å². The van der Waals surface area contributed by atoms with Gasteiger partial charge in [-0.1, -0.05) is 60.7 Å². The molecule has 0 saturated carbocycles. The number of aryl methyl sites for hydroxylation is 1. The van der Waals surface area contributed by atoms with Crippen molar-refractivity contribution in [3.05, 3.63) is 102 Å². The van der Waals surface area contributed by atoms with Crippen LogP contribution >= 0.6 is 7.60 Å². The van der Waals surface area contributed by atoms with E-state index in [-0.39, 0.29) is 19.4 Å². The second-order valence-electron chi connectivity index (χ2n) is 9.87. The third kappa shape index (κ3) is 12.9. The van der Waals surface area contributed by atoms with Gasteiger partial charge in [-0.15, -0.1) is 0 Å². The maximum absolute atomic E-state index is 13.8. The molecular weight excluding hydrogens is 603 g/mol. The van der Waals surface area contributed by atoms with Gasteiger partial charge in [-0.25, -0.2) is 9.59 Å². The minimum Gasteiger partial charge on any atom is -0.464 e. The summed E-state index contributed by atoms with van der Waals surface area (Å²) in [5.74, 6) is -3.78. The van der Waals surface area contributed by atoms with Crippen molar-refractivity contribution in [1.82, 2.24) is 20.9 Å². The van der Waals surface area contributed by atoms with E-state index >= 15 is 0 Å². The van der Waals surface area contributed by atoms with Crippen LogP contribution in [0, 0.1) is 0 Å². The third-order valence-electron chi connectivity index (χ3n) is 6.43. The molecule has 0 spiro atoms. The number of pyridine rings is 1. The van der Waals surface area contributed by atoms with Crippen molar-refractivity contribution in [3.8, 4) is 0 Å². The van der Waals surface area contributed by atoms with E-state index in [2.05, 4.69) is 25.7 Å². The van der Waals surface area contributed by atoms with Crippen LogP contribution in [0.1, 0.15) is 23.1 Å². The first-order valence-corrected chi connectivity index (χ1v) is 15.8. The summed E-state index contributed by atoms with van der Waals surface area (Å²) in [7, 11) is -3.62. The Bertz CT molecular complexity index is 1430. The van der Waals surface area contributed by atoms with Crippen LogP contribution in [-0.2, 0) is 52.2 Å². The Balaban J connectivity index is 1.71. The highest BCUT2D eigenvalue weighted by molar-refractivity contribution is 7.53. The fourth-order valence-electron chi connectivity index (χ4n) is 4.13. The van der Waals surface area contributed by atoms with Crippen LogP contribution in [0.15, 0.2) is 85.2 Å². The molecule has 1 aromatic heterocycles. The monoisotopic (exact) mass is 640 g/mol. The molecule has 1 heterocycles. The van der Waals surface area contributed by atoms with Gasteiger partial charge in [0.1, 0.15) is 12.3 Å². The average molecular weight is 641 g/mol. The van der Waals surface area contributed by atoms with E-state index in [1.807, 2.05) is 12.1 Å². The van der Waals surface area contributed by atoms with E-state index in [0.717, 1.165) is 12.7 Å². The van der Waals surface area contributed by atoms with Gasteiger partial charge in [0.2, 0.25) is 11.8 Å². The maximum Gasteiger partial charge on any atom is 0.407 e. The smallest absolute Gasteiger partial charge is 0.407 e.